The lowest BCUT2D eigenvalue weighted by Crippen LogP contribution is -2.50. The number of carbonyl (C=O) groups is 1. The maximum atomic E-state index is 11.9. The normalized spacial score (nSPS) is 19.6. The van der Waals surface area contributed by atoms with E-state index < -0.39 is 0 Å². The van der Waals surface area contributed by atoms with Crippen LogP contribution in [-0.4, -0.2) is 47.9 Å². The van der Waals surface area contributed by atoms with E-state index in [-0.39, 0.29) is 23.5 Å². The second-order valence-electron chi connectivity index (χ2n) is 5.80. The smallest absolute Gasteiger partial charge is 0.225 e. The molecule has 1 saturated heterocycles. The molecule has 0 aliphatic carbocycles. The zero-order chi connectivity index (χ0) is 13.6. The molecule has 0 bridgehead atoms. The Morgan fingerprint density at radius 2 is 2.00 bits per heavy atom. The van der Waals surface area contributed by atoms with Gasteiger partial charge in [-0.3, -0.25) is 4.79 Å². The lowest BCUT2D eigenvalue weighted by Gasteiger charge is -2.37. The van der Waals surface area contributed by atoms with E-state index in [0.717, 1.165) is 24.3 Å². The van der Waals surface area contributed by atoms with Gasteiger partial charge in [0, 0.05) is 12.0 Å². The van der Waals surface area contributed by atoms with E-state index >= 15 is 0 Å². The molecule has 1 amide bonds. The Bertz CT molecular complexity index is 270. The van der Waals surface area contributed by atoms with Crippen molar-refractivity contribution in [3.05, 3.63) is 0 Å². The second-order valence-corrected chi connectivity index (χ2v) is 7.02. The van der Waals surface area contributed by atoms with Crippen LogP contribution < -0.4 is 5.32 Å². The highest BCUT2D eigenvalue weighted by atomic mass is 32.2. The van der Waals surface area contributed by atoms with Crippen LogP contribution in [0.15, 0.2) is 0 Å². The van der Waals surface area contributed by atoms with Crippen molar-refractivity contribution in [2.24, 2.45) is 5.41 Å². The van der Waals surface area contributed by atoms with Crippen molar-refractivity contribution in [3.8, 4) is 0 Å². The van der Waals surface area contributed by atoms with Gasteiger partial charge in [0.15, 0.2) is 0 Å². The molecular formula is C13H25NO3S. The Labute approximate surface area is 114 Å². The van der Waals surface area contributed by atoms with Gasteiger partial charge in [-0.15, -0.1) is 0 Å². The maximum Gasteiger partial charge on any atom is 0.225 e. The number of nitrogens with one attached hydrogen (secondary N) is 1. The molecule has 1 rings (SSSR count). The van der Waals surface area contributed by atoms with Crippen molar-refractivity contribution in [1.82, 2.24) is 5.32 Å². The van der Waals surface area contributed by atoms with Crippen LogP contribution in [0.3, 0.4) is 0 Å². The molecule has 0 radical (unpaired) electrons. The van der Waals surface area contributed by atoms with E-state index in [9.17, 15) is 4.79 Å². The third-order valence-electron chi connectivity index (χ3n) is 3.16. The minimum Gasteiger partial charge on any atom is -0.394 e. The Hall–Kier alpha value is -0.260. The van der Waals surface area contributed by atoms with Crippen molar-refractivity contribution in [2.45, 2.75) is 39.2 Å². The Morgan fingerprint density at radius 1 is 1.39 bits per heavy atom. The van der Waals surface area contributed by atoms with E-state index in [4.69, 9.17) is 9.84 Å². The van der Waals surface area contributed by atoms with Gasteiger partial charge in [0.1, 0.15) is 0 Å². The highest BCUT2D eigenvalue weighted by Gasteiger charge is 2.34. The summed E-state index contributed by atoms with van der Waals surface area (Å²) in [5, 5.41) is 11.9. The molecule has 18 heavy (non-hydrogen) atoms. The molecule has 0 aromatic rings. The number of carbonyl (C=O) groups excluding carboxylic acids is 1. The summed E-state index contributed by atoms with van der Waals surface area (Å²) in [7, 11) is 0. The average Bonchev–Trinajstić information content (AvgIpc) is 2.34. The van der Waals surface area contributed by atoms with Crippen LogP contribution in [-0.2, 0) is 9.53 Å². The molecule has 5 heteroatoms. The van der Waals surface area contributed by atoms with E-state index in [1.165, 1.54) is 0 Å². The summed E-state index contributed by atoms with van der Waals surface area (Å²) in [6.07, 6.45) is 1.87. The van der Waals surface area contributed by atoms with Gasteiger partial charge in [0.25, 0.3) is 0 Å². The summed E-state index contributed by atoms with van der Waals surface area (Å²) in [4.78, 5) is 11.9. The minimum atomic E-state index is -0.373. The standard InChI is InChI=1S/C13H25NO3S/c1-12(2,3)11(16)14-10-13(17-7-6-15)4-8-18-9-5-13/h15H,4-10H2,1-3H3,(H,14,16). The number of aliphatic hydroxyl groups excluding tert-OH is 1. The number of thioether (sulfide) groups is 1. The molecule has 4 nitrogen and oxygen atoms in total. The van der Waals surface area contributed by atoms with Crippen LogP contribution in [0.5, 0.6) is 0 Å². The van der Waals surface area contributed by atoms with Gasteiger partial charge in [-0.25, -0.2) is 0 Å². The summed E-state index contributed by atoms with van der Waals surface area (Å²) in [5.41, 5.74) is -0.656. The highest BCUT2D eigenvalue weighted by Crippen LogP contribution is 2.30. The van der Waals surface area contributed by atoms with Crippen LogP contribution >= 0.6 is 11.8 Å². The van der Waals surface area contributed by atoms with Crippen molar-refractivity contribution in [2.75, 3.05) is 31.3 Å². The molecule has 1 aliphatic heterocycles. The van der Waals surface area contributed by atoms with Crippen LogP contribution in [0, 0.1) is 5.41 Å². The zero-order valence-corrected chi connectivity index (χ0v) is 12.4. The molecule has 0 unspecified atom stereocenters. The molecule has 0 aromatic heterocycles. The quantitative estimate of drug-likeness (QED) is 0.797. The number of hydrogen-bond acceptors (Lipinski definition) is 4. The number of aliphatic hydroxyl groups is 1. The maximum absolute atomic E-state index is 11.9. The van der Waals surface area contributed by atoms with E-state index in [0.29, 0.717) is 13.2 Å². The first-order valence-corrected chi connectivity index (χ1v) is 7.66. The first-order valence-electron chi connectivity index (χ1n) is 6.50. The Balaban J connectivity index is 2.53. The van der Waals surface area contributed by atoms with Crippen LogP contribution in [0.25, 0.3) is 0 Å². The summed E-state index contributed by atoms with van der Waals surface area (Å²) in [6.45, 7) is 6.63. The Kier molecular flexibility index (Phi) is 5.95. The van der Waals surface area contributed by atoms with Crippen LogP contribution in [0.1, 0.15) is 33.6 Å². The first-order chi connectivity index (χ1) is 8.40. The third kappa shape index (κ3) is 4.78. The number of amides is 1. The Morgan fingerprint density at radius 3 is 2.50 bits per heavy atom. The van der Waals surface area contributed by atoms with Gasteiger partial charge in [0.2, 0.25) is 5.91 Å². The van der Waals surface area contributed by atoms with E-state index in [1.54, 1.807) is 0 Å². The summed E-state index contributed by atoms with van der Waals surface area (Å²) in [5.74, 6) is 2.15. The van der Waals surface area contributed by atoms with Crippen molar-refractivity contribution < 1.29 is 14.6 Å². The topological polar surface area (TPSA) is 58.6 Å². The fraction of sp³-hybridized carbons (Fsp3) is 0.923. The van der Waals surface area contributed by atoms with Gasteiger partial charge in [-0.1, -0.05) is 20.8 Å². The molecule has 1 heterocycles. The van der Waals surface area contributed by atoms with Crippen molar-refractivity contribution in [1.29, 1.82) is 0 Å². The third-order valence-corrected chi connectivity index (χ3v) is 4.14. The molecule has 106 valence electrons. The van der Waals surface area contributed by atoms with E-state index in [2.05, 4.69) is 5.32 Å². The summed E-state index contributed by atoms with van der Waals surface area (Å²) >= 11 is 1.92. The number of rotatable bonds is 5. The molecule has 0 saturated carbocycles. The highest BCUT2D eigenvalue weighted by molar-refractivity contribution is 7.99. The largest absolute Gasteiger partial charge is 0.394 e. The molecule has 0 aromatic carbocycles. The van der Waals surface area contributed by atoms with Crippen LogP contribution in [0.2, 0.25) is 0 Å². The molecule has 0 atom stereocenters. The lowest BCUT2D eigenvalue weighted by atomic mass is 9.93. The molecule has 2 N–H and O–H groups in total. The number of ether oxygens (including phenoxy) is 1. The fourth-order valence-electron chi connectivity index (χ4n) is 1.88. The molecule has 1 aliphatic rings. The van der Waals surface area contributed by atoms with Crippen LogP contribution in [0.4, 0.5) is 0 Å². The first kappa shape index (κ1) is 15.8. The summed E-state index contributed by atoms with van der Waals surface area (Å²) in [6, 6.07) is 0. The SMILES string of the molecule is CC(C)(C)C(=O)NCC1(OCCO)CCSCC1. The lowest BCUT2D eigenvalue weighted by molar-refractivity contribution is -0.131. The summed E-state index contributed by atoms with van der Waals surface area (Å²) < 4.78 is 5.80. The monoisotopic (exact) mass is 275 g/mol. The molecule has 0 spiro atoms. The van der Waals surface area contributed by atoms with Crippen molar-refractivity contribution in [3.63, 3.8) is 0 Å². The van der Waals surface area contributed by atoms with Gasteiger partial charge < -0.3 is 15.2 Å². The van der Waals surface area contributed by atoms with Gasteiger partial charge in [-0.05, 0) is 24.3 Å². The zero-order valence-electron chi connectivity index (χ0n) is 11.6. The van der Waals surface area contributed by atoms with E-state index in [1.807, 2.05) is 32.5 Å². The average molecular weight is 275 g/mol. The van der Waals surface area contributed by atoms with Gasteiger partial charge in [-0.2, -0.15) is 11.8 Å². The minimum absolute atomic E-state index is 0.0299. The number of hydrogen-bond donors (Lipinski definition) is 2. The predicted molar refractivity (Wildman–Crippen MR) is 74.8 cm³/mol. The molecular weight excluding hydrogens is 250 g/mol. The molecule has 1 fully saturated rings. The predicted octanol–water partition coefficient (Wildman–Crippen LogP) is 1.42. The van der Waals surface area contributed by atoms with Gasteiger partial charge >= 0.3 is 0 Å². The van der Waals surface area contributed by atoms with Gasteiger partial charge in [0.05, 0.1) is 18.8 Å². The van der Waals surface area contributed by atoms with Crippen molar-refractivity contribution >= 4 is 17.7 Å². The fourth-order valence-corrected chi connectivity index (χ4v) is 3.12. The second kappa shape index (κ2) is 6.78.